The van der Waals surface area contributed by atoms with E-state index >= 15 is 0 Å². The number of nitrogens with zero attached hydrogens (tertiary/aromatic N) is 1. The van der Waals surface area contributed by atoms with E-state index in [2.05, 4.69) is 6.92 Å². The minimum absolute atomic E-state index is 0. The summed E-state index contributed by atoms with van der Waals surface area (Å²) in [5.74, 6) is 0.288. The molecule has 2 unspecified atom stereocenters. The number of halogens is 1. The van der Waals surface area contributed by atoms with Gasteiger partial charge in [-0.2, -0.15) is 0 Å². The van der Waals surface area contributed by atoms with E-state index in [4.69, 9.17) is 10.5 Å². The van der Waals surface area contributed by atoms with Crippen molar-refractivity contribution in [2.75, 3.05) is 19.6 Å². The van der Waals surface area contributed by atoms with Gasteiger partial charge in [0.15, 0.2) is 0 Å². The highest BCUT2D eigenvalue weighted by atomic mass is 35.5. The molecule has 2 N–H and O–H groups in total. The molecule has 4 nitrogen and oxygen atoms in total. The van der Waals surface area contributed by atoms with Crippen molar-refractivity contribution in [3.63, 3.8) is 0 Å². The zero-order chi connectivity index (χ0) is 13.4. The van der Waals surface area contributed by atoms with Crippen LogP contribution in [-0.4, -0.2) is 42.6 Å². The number of hydrogen-bond donors (Lipinski definition) is 1. The van der Waals surface area contributed by atoms with Crippen molar-refractivity contribution in [3.05, 3.63) is 0 Å². The average molecular weight is 293 g/mol. The smallest absolute Gasteiger partial charge is 0.222 e. The van der Waals surface area contributed by atoms with Crippen LogP contribution in [0.2, 0.25) is 0 Å². The van der Waals surface area contributed by atoms with Crippen molar-refractivity contribution >= 4 is 18.3 Å². The van der Waals surface area contributed by atoms with Crippen molar-refractivity contribution in [3.8, 4) is 0 Å². The summed E-state index contributed by atoms with van der Waals surface area (Å²) < 4.78 is 5.77. The van der Waals surface area contributed by atoms with Crippen LogP contribution >= 0.6 is 12.4 Å². The lowest BCUT2D eigenvalue weighted by molar-refractivity contribution is -0.144. The second-order valence-corrected chi connectivity index (χ2v) is 5.23. The topological polar surface area (TPSA) is 55.6 Å². The SMILES string of the molecule is CCC1CN(C(=O)CCCCCCN)CC(C)O1.Cl. The Morgan fingerprint density at radius 2 is 1.95 bits per heavy atom. The van der Waals surface area contributed by atoms with Gasteiger partial charge in [0.2, 0.25) is 5.91 Å². The quantitative estimate of drug-likeness (QED) is 0.733. The summed E-state index contributed by atoms with van der Waals surface area (Å²) in [5.41, 5.74) is 5.44. The molecule has 114 valence electrons. The summed E-state index contributed by atoms with van der Waals surface area (Å²) in [6.07, 6.45) is 6.35. The van der Waals surface area contributed by atoms with Crippen LogP contribution in [-0.2, 0) is 9.53 Å². The predicted molar refractivity (Wildman–Crippen MR) is 80.6 cm³/mol. The average Bonchev–Trinajstić information content (AvgIpc) is 2.37. The molecule has 0 aliphatic carbocycles. The summed E-state index contributed by atoms with van der Waals surface area (Å²) in [6.45, 7) is 6.43. The van der Waals surface area contributed by atoms with Crippen LogP contribution in [0.1, 0.15) is 52.4 Å². The van der Waals surface area contributed by atoms with Gasteiger partial charge in [0.05, 0.1) is 12.2 Å². The van der Waals surface area contributed by atoms with E-state index in [1.807, 2.05) is 11.8 Å². The summed E-state index contributed by atoms with van der Waals surface area (Å²) in [4.78, 5) is 14.1. The first kappa shape index (κ1) is 18.7. The molecule has 1 rings (SSSR count). The molecule has 0 radical (unpaired) electrons. The zero-order valence-corrected chi connectivity index (χ0v) is 13.1. The Morgan fingerprint density at radius 3 is 2.58 bits per heavy atom. The van der Waals surface area contributed by atoms with Gasteiger partial charge in [0.25, 0.3) is 0 Å². The maximum absolute atomic E-state index is 12.1. The van der Waals surface area contributed by atoms with Gasteiger partial charge in [-0.05, 0) is 32.7 Å². The third kappa shape index (κ3) is 7.14. The molecule has 1 heterocycles. The van der Waals surface area contributed by atoms with Gasteiger partial charge in [-0.25, -0.2) is 0 Å². The van der Waals surface area contributed by atoms with E-state index in [0.717, 1.165) is 51.7 Å². The van der Waals surface area contributed by atoms with Crippen LogP contribution in [0.15, 0.2) is 0 Å². The minimum atomic E-state index is 0. The molecule has 2 atom stereocenters. The summed E-state index contributed by atoms with van der Waals surface area (Å²) in [7, 11) is 0. The molecular weight excluding hydrogens is 264 g/mol. The molecule has 19 heavy (non-hydrogen) atoms. The Hall–Kier alpha value is -0.320. The lowest BCUT2D eigenvalue weighted by Gasteiger charge is -2.36. The molecule has 1 aliphatic rings. The van der Waals surface area contributed by atoms with Crippen LogP contribution in [0, 0.1) is 0 Å². The van der Waals surface area contributed by atoms with Gasteiger partial charge in [-0.1, -0.05) is 19.8 Å². The minimum Gasteiger partial charge on any atom is -0.372 e. The van der Waals surface area contributed by atoms with Crippen LogP contribution < -0.4 is 5.73 Å². The first-order valence-electron chi connectivity index (χ1n) is 7.30. The number of carbonyl (C=O) groups excluding carboxylic acids is 1. The molecule has 0 aromatic carbocycles. The van der Waals surface area contributed by atoms with Crippen LogP contribution in [0.25, 0.3) is 0 Å². The molecule has 1 saturated heterocycles. The van der Waals surface area contributed by atoms with Crippen molar-refractivity contribution < 1.29 is 9.53 Å². The van der Waals surface area contributed by atoms with Gasteiger partial charge in [-0.15, -0.1) is 12.4 Å². The maximum Gasteiger partial charge on any atom is 0.222 e. The summed E-state index contributed by atoms with van der Waals surface area (Å²) in [5, 5.41) is 0. The van der Waals surface area contributed by atoms with Crippen LogP contribution in [0.3, 0.4) is 0 Å². The number of ether oxygens (including phenoxy) is 1. The highest BCUT2D eigenvalue weighted by Crippen LogP contribution is 2.15. The molecular formula is C14H29ClN2O2. The molecule has 0 saturated carbocycles. The number of morpholine rings is 1. The Labute approximate surface area is 123 Å². The lowest BCUT2D eigenvalue weighted by Crippen LogP contribution is -2.48. The highest BCUT2D eigenvalue weighted by Gasteiger charge is 2.26. The highest BCUT2D eigenvalue weighted by molar-refractivity contribution is 5.85. The number of rotatable bonds is 7. The third-order valence-corrected chi connectivity index (χ3v) is 3.48. The predicted octanol–water partition coefficient (Wildman–Crippen LogP) is 2.34. The van der Waals surface area contributed by atoms with Gasteiger partial charge < -0.3 is 15.4 Å². The fraction of sp³-hybridized carbons (Fsp3) is 0.929. The number of hydrogen-bond acceptors (Lipinski definition) is 3. The van der Waals surface area contributed by atoms with E-state index in [1.165, 1.54) is 0 Å². The normalized spacial score (nSPS) is 23.0. The Balaban J connectivity index is 0.00000324. The van der Waals surface area contributed by atoms with Crippen molar-refractivity contribution in [2.24, 2.45) is 5.73 Å². The zero-order valence-electron chi connectivity index (χ0n) is 12.3. The number of unbranched alkanes of at least 4 members (excludes halogenated alkanes) is 3. The second kappa shape index (κ2) is 10.5. The third-order valence-electron chi connectivity index (χ3n) is 3.48. The van der Waals surface area contributed by atoms with Gasteiger partial charge in [0, 0.05) is 19.5 Å². The second-order valence-electron chi connectivity index (χ2n) is 5.23. The van der Waals surface area contributed by atoms with Crippen LogP contribution in [0.4, 0.5) is 0 Å². The first-order valence-corrected chi connectivity index (χ1v) is 7.30. The molecule has 0 aromatic rings. The Bertz CT molecular complexity index is 252. The van der Waals surface area contributed by atoms with Gasteiger partial charge in [0.1, 0.15) is 0 Å². The Kier molecular flexibility index (Phi) is 10.3. The van der Waals surface area contributed by atoms with Crippen molar-refractivity contribution in [1.29, 1.82) is 0 Å². The number of amides is 1. The van der Waals surface area contributed by atoms with Crippen LogP contribution in [0.5, 0.6) is 0 Å². The largest absolute Gasteiger partial charge is 0.372 e. The van der Waals surface area contributed by atoms with E-state index in [0.29, 0.717) is 6.42 Å². The van der Waals surface area contributed by atoms with Crippen molar-refractivity contribution in [1.82, 2.24) is 4.90 Å². The van der Waals surface area contributed by atoms with E-state index in [1.54, 1.807) is 0 Å². The molecule has 5 heteroatoms. The first-order chi connectivity index (χ1) is 8.67. The monoisotopic (exact) mass is 292 g/mol. The molecule has 1 aliphatic heterocycles. The standard InChI is InChI=1S/C14H28N2O2.ClH/c1-3-13-11-16(10-12(2)18-13)14(17)8-6-4-5-7-9-15;/h12-13H,3-11,15H2,1-2H3;1H. The molecule has 0 aromatic heterocycles. The number of nitrogens with two attached hydrogens (primary N) is 1. The molecule has 1 fully saturated rings. The fourth-order valence-corrected chi connectivity index (χ4v) is 2.41. The van der Waals surface area contributed by atoms with E-state index in [-0.39, 0.29) is 30.5 Å². The fourth-order valence-electron chi connectivity index (χ4n) is 2.41. The maximum atomic E-state index is 12.1. The summed E-state index contributed by atoms with van der Waals surface area (Å²) >= 11 is 0. The summed E-state index contributed by atoms with van der Waals surface area (Å²) in [6, 6.07) is 0. The molecule has 0 spiro atoms. The molecule has 1 amide bonds. The Morgan fingerprint density at radius 1 is 1.26 bits per heavy atom. The van der Waals surface area contributed by atoms with E-state index < -0.39 is 0 Å². The number of carbonyl (C=O) groups is 1. The van der Waals surface area contributed by atoms with Gasteiger partial charge in [-0.3, -0.25) is 4.79 Å². The van der Waals surface area contributed by atoms with Crippen molar-refractivity contribution in [2.45, 2.75) is 64.6 Å². The molecule has 0 bridgehead atoms. The lowest BCUT2D eigenvalue weighted by atomic mass is 10.1. The van der Waals surface area contributed by atoms with E-state index in [9.17, 15) is 4.79 Å². The van der Waals surface area contributed by atoms with Gasteiger partial charge >= 0.3 is 0 Å².